The second-order valence-electron chi connectivity index (χ2n) is 8.77. The van der Waals surface area contributed by atoms with E-state index in [0.717, 1.165) is 0 Å². The molecule has 0 aliphatic rings. The van der Waals surface area contributed by atoms with Gasteiger partial charge in [-0.05, 0) is 53.3 Å². The lowest BCUT2D eigenvalue weighted by Crippen LogP contribution is -1.97. The Hall–Kier alpha value is -3.26. The zero-order valence-corrected chi connectivity index (χ0v) is 18.1. The minimum Gasteiger partial charge on any atom is -0.316 e. The van der Waals surface area contributed by atoms with Gasteiger partial charge in [-0.15, -0.1) is 0 Å². The fourth-order valence-electron chi connectivity index (χ4n) is 4.55. The molecule has 0 atom stereocenters. The second kappa shape index (κ2) is 7.21. The predicted octanol–water partition coefficient (Wildman–Crippen LogP) is 7.82. The molecule has 2 heteroatoms. The number of rotatable bonds is 4. The molecule has 5 aromatic rings. The van der Waals surface area contributed by atoms with Crippen molar-refractivity contribution in [1.82, 2.24) is 9.13 Å². The van der Waals surface area contributed by atoms with Crippen molar-refractivity contribution >= 4 is 21.8 Å². The Morgan fingerprint density at radius 3 is 1.40 bits per heavy atom. The lowest BCUT2D eigenvalue weighted by Gasteiger charge is -2.10. The molecule has 2 nitrogen and oxygen atoms in total. The van der Waals surface area contributed by atoms with E-state index < -0.39 is 0 Å². The molecule has 3 aromatic carbocycles. The Morgan fingerprint density at radius 2 is 0.967 bits per heavy atom. The van der Waals surface area contributed by atoms with Gasteiger partial charge in [0, 0.05) is 34.5 Å². The number of hydrogen-bond donors (Lipinski definition) is 0. The van der Waals surface area contributed by atoms with Gasteiger partial charge in [0.15, 0.2) is 0 Å². The molecule has 0 fully saturated rings. The summed E-state index contributed by atoms with van der Waals surface area (Å²) in [5.41, 5.74) is 7.70. The van der Waals surface area contributed by atoms with Gasteiger partial charge in [-0.1, -0.05) is 70.2 Å². The maximum absolute atomic E-state index is 2.34. The SMILES string of the molecule is CC(C)c1cn(-c2cccc(-n3cc(C(C)C)c4ccccc43)c2)c2ccccc12. The molecule has 0 aliphatic heterocycles. The Labute approximate surface area is 178 Å². The predicted molar refractivity (Wildman–Crippen MR) is 128 cm³/mol. The third kappa shape index (κ3) is 2.95. The lowest BCUT2D eigenvalue weighted by molar-refractivity contribution is 0.868. The summed E-state index contributed by atoms with van der Waals surface area (Å²) in [7, 11) is 0. The van der Waals surface area contributed by atoms with Crippen LogP contribution in [0.1, 0.15) is 50.7 Å². The van der Waals surface area contributed by atoms with Crippen LogP contribution in [0.3, 0.4) is 0 Å². The highest BCUT2D eigenvalue weighted by Crippen LogP contribution is 2.32. The first-order valence-corrected chi connectivity index (χ1v) is 10.9. The normalized spacial score (nSPS) is 11.9. The number of fused-ring (bicyclic) bond motifs is 2. The van der Waals surface area contributed by atoms with Crippen molar-refractivity contribution in [3.05, 3.63) is 96.3 Å². The molecule has 0 N–H and O–H groups in total. The van der Waals surface area contributed by atoms with Crippen molar-refractivity contribution < 1.29 is 0 Å². The molecular weight excluding hydrogens is 364 g/mol. The van der Waals surface area contributed by atoms with Crippen LogP contribution in [0, 0.1) is 0 Å². The van der Waals surface area contributed by atoms with Crippen LogP contribution in [0.4, 0.5) is 0 Å². The van der Waals surface area contributed by atoms with Crippen molar-refractivity contribution in [2.45, 2.75) is 39.5 Å². The average Bonchev–Trinajstić information content (AvgIpc) is 3.33. The van der Waals surface area contributed by atoms with Gasteiger partial charge in [0.1, 0.15) is 0 Å². The van der Waals surface area contributed by atoms with Crippen LogP contribution in [-0.4, -0.2) is 9.13 Å². The number of para-hydroxylation sites is 2. The van der Waals surface area contributed by atoms with Crippen LogP contribution in [0.15, 0.2) is 85.2 Å². The van der Waals surface area contributed by atoms with Gasteiger partial charge in [-0.25, -0.2) is 0 Å². The molecule has 0 saturated carbocycles. The van der Waals surface area contributed by atoms with Gasteiger partial charge in [-0.2, -0.15) is 0 Å². The van der Waals surface area contributed by atoms with Crippen molar-refractivity contribution in [3.8, 4) is 11.4 Å². The highest BCUT2D eigenvalue weighted by atomic mass is 15.0. The van der Waals surface area contributed by atoms with Crippen LogP contribution in [0.2, 0.25) is 0 Å². The molecule has 0 spiro atoms. The first kappa shape index (κ1) is 18.7. The van der Waals surface area contributed by atoms with Gasteiger partial charge in [0.2, 0.25) is 0 Å². The van der Waals surface area contributed by atoms with Crippen LogP contribution in [-0.2, 0) is 0 Å². The minimum absolute atomic E-state index is 0.487. The van der Waals surface area contributed by atoms with E-state index in [1.165, 1.54) is 44.3 Å². The van der Waals surface area contributed by atoms with Gasteiger partial charge in [0.25, 0.3) is 0 Å². The molecule has 2 aromatic heterocycles. The number of aromatic nitrogens is 2. The highest BCUT2D eigenvalue weighted by Gasteiger charge is 2.14. The van der Waals surface area contributed by atoms with E-state index in [1.807, 2.05) is 0 Å². The van der Waals surface area contributed by atoms with E-state index >= 15 is 0 Å². The van der Waals surface area contributed by atoms with E-state index in [0.29, 0.717) is 11.8 Å². The maximum atomic E-state index is 2.34. The van der Waals surface area contributed by atoms with E-state index in [-0.39, 0.29) is 0 Å². The zero-order valence-electron chi connectivity index (χ0n) is 18.1. The third-order valence-corrected chi connectivity index (χ3v) is 6.12. The summed E-state index contributed by atoms with van der Waals surface area (Å²) in [4.78, 5) is 0. The number of benzene rings is 3. The van der Waals surface area contributed by atoms with Gasteiger partial charge < -0.3 is 9.13 Å². The summed E-state index contributed by atoms with van der Waals surface area (Å²) in [6, 6.07) is 26.3. The molecule has 5 rings (SSSR count). The van der Waals surface area contributed by atoms with E-state index in [9.17, 15) is 0 Å². The smallest absolute Gasteiger partial charge is 0.0531 e. The summed E-state index contributed by atoms with van der Waals surface area (Å²) in [6.07, 6.45) is 4.61. The first-order valence-electron chi connectivity index (χ1n) is 10.9. The van der Waals surface area contributed by atoms with Crippen molar-refractivity contribution in [2.75, 3.05) is 0 Å². The summed E-state index contributed by atoms with van der Waals surface area (Å²) in [5.74, 6) is 0.975. The van der Waals surface area contributed by atoms with Crippen LogP contribution in [0.5, 0.6) is 0 Å². The molecule has 0 unspecified atom stereocenters. The number of nitrogens with zero attached hydrogens (tertiary/aromatic N) is 2. The fraction of sp³-hybridized carbons (Fsp3) is 0.214. The van der Waals surface area contributed by atoms with Crippen molar-refractivity contribution in [3.63, 3.8) is 0 Å². The standard InChI is InChI=1S/C28H28N2/c1-19(2)25-17-29(27-14-7-5-12-23(25)27)21-10-9-11-22(16-21)30-18-26(20(3)4)24-13-6-8-15-28(24)30/h5-20H,1-4H3. The highest BCUT2D eigenvalue weighted by molar-refractivity contribution is 5.87. The Kier molecular flexibility index (Phi) is 4.51. The quantitative estimate of drug-likeness (QED) is 0.295. The van der Waals surface area contributed by atoms with E-state index in [1.54, 1.807) is 0 Å². The molecule has 2 heterocycles. The average molecular weight is 393 g/mol. The van der Waals surface area contributed by atoms with Crippen LogP contribution >= 0.6 is 0 Å². The first-order chi connectivity index (χ1) is 14.5. The van der Waals surface area contributed by atoms with Crippen LogP contribution < -0.4 is 0 Å². The van der Waals surface area contributed by atoms with Gasteiger partial charge >= 0.3 is 0 Å². The van der Waals surface area contributed by atoms with Crippen molar-refractivity contribution in [2.24, 2.45) is 0 Å². The third-order valence-electron chi connectivity index (χ3n) is 6.12. The fourth-order valence-corrected chi connectivity index (χ4v) is 4.55. The van der Waals surface area contributed by atoms with Gasteiger partial charge in [0.05, 0.1) is 11.0 Å². The van der Waals surface area contributed by atoms with Gasteiger partial charge in [-0.3, -0.25) is 0 Å². The summed E-state index contributed by atoms with van der Waals surface area (Å²) < 4.78 is 4.67. The van der Waals surface area contributed by atoms with E-state index in [2.05, 4.69) is 122 Å². The molecule has 0 aliphatic carbocycles. The Balaban J connectivity index is 1.71. The number of hydrogen-bond acceptors (Lipinski definition) is 0. The molecule has 0 saturated heterocycles. The van der Waals surface area contributed by atoms with Crippen LogP contribution in [0.25, 0.3) is 33.2 Å². The van der Waals surface area contributed by atoms with Crippen molar-refractivity contribution in [1.29, 1.82) is 0 Å². The summed E-state index contributed by atoms with van der Waals surface area (Å²) in [5, 5.41) is 2.68. The topological polar surface area (TPSA) is 9.86 Å². The molecule has 150 valence electrons. The zero-order chi connectivity index (χ0) is 20.8. The van der Waals surface area contributed by atoms with E-state index in [4.69, 9.17) is 0 Å². The Bertz CT molecular complexity index is 1250. The lowest BCUT2D eigenvalue weighted by atomic mass is 10.0. The largest absolute Gasteiger partial charge is 0.316 e. The second-order valence-corrected chi connectivity index (χ2v) is 8.77. The summed E-state index contributed by atoms with van der Waals surface area (Å²) >= 11 is 0. The summed E-state index contributed by atoms with van der Waals surface area (Å²) in [6.45, 7) is 9.06. The monoisotopic (exact) mass is 392 g/mol. The maximum Gasteiger partial charge on any atom is 0.0531 e. The Morgan fingerprint density at radius 1 is 0.533 bits per heavy atom. The molecule has 0 amide bonds. The minimum atomic E-state index is 0.487. The molecule has 0 bridgehead atoms. The molecular formula is C28H28N2. The molecule has 0 radical (unpaired) electrons. The molecule has 30 heavy (non-hydrogen) atoms.